The second-order valence-electron chi connectivity index (χ2n) is 5.83. The van der Waals surface area contributed by atoms with Crippen molar-refractivity contribution in [3.8, 4) is 0 Å². The average Bonchev–Trinajstić information content (AvgIpc) is 3.16. The third kappa shape index (κ3) is 4.94. The molecule has 2 aromatic carbocycles. The Morgan fingerprint density at radius 2 is 1.59 bits per heavy atom. The number of thiophene rings is 1. The van der Waals surface area contributed by atoms with Gasteiger partial charge in [-0.15, -0.1) is 11.3 Å². The number of carbonyl (C=O) groups excluding carboxylic acids is 2. The van der Waals surface area contributed by atoms with Crippen LogP contribution in [-0.4, -0.2) is 27.3 Å². The molecule has 10 heteroatoms. The van der Waals surface area contributed by atoms with Crippen LogP contribution < -0.4 is 15.4 Å². The second-order valence-corrected chi connectivity index (χ2v) is 8.87. The second kappa shape index (κ2) is 8.64. The van der Waals surface area contributed by atoms with Crippen molar-refractivity contribution in [1.82, 2.24) is 5.32 Å². The molecule has 0 saturated carbocycles. The summed E-state index contributed by atoms with van der Waals surface area (Å²) in [6.45, 7) is 0. The highest BCUT2D eigenvalue weighted by molar-refractivity contribution is 7.92. The van der Waals surface area contributed by atoms with Crippen molar-refractivity contribution in [1.29, 1.82) is 0 Å². The lowest BCUT2D eigenvalue weighted by molar-refractivity contribution is 0.0964. The Kier molecular flexibility index (Phi) is 6.21. The lowest BCUT2D eigenvalue weighted by atomic mass is 10.2. The van der Waals surface area contributed by atoms with E-state index in [0.29, 0.717) is 26.8 Å². The molecule has 0 atom stereocenters. The van der Waals surface area contributed by atoms with E-state index in [0.717, 1.165) is 0 Å². The van der Waals surface area contributed by atoms with E-state index in [-0.39, 0.29) is 10.8 Å². The van der Waals surface area contributed by atoms with Crippen molar-refractivity contribution >= 4 is 55.5 Å². The van der Waals surface area contributed by atoms with Crippen molar-refractivity contribution in [3.05, 3.63) is 76.1 Å². The van der Waals surface area contributed by atoms with Crippen molar-refractivity contribution in [2.24, 2.45) is 0 Å². The third-order valence-corrected chi connectivity index (χ3v) is 6.37. The van der Waals surface area contributed by atoms with E-state index in [4.69, 9.17) is 11.6 Å². The number of halogens is 1. The predicted octanol–water partition coefficient (Wildman–Crippen LogP) is 3.81. The van der Waals surface area contributed by atoms with Crippen LogP contribution in [0, 0.1) is 0 Å². The lowest BCUT2D eigenvalue weighted by Crippen LogP contribution is -2.20. The van der Waals surface area contributed by atoms with Crippen molar-refractivity contribution in [2.75, 3.05) is 17.1 Å². The summed E-state index contributed by atoms with van der Waals surface area (Å²) in [5, 5.41) is 7.77. The highest BCUT2D eigenvalue weighted by Crippen LogP contribution is 2.24. The Morgan fingerprint density at radius 3 is 2.21 bits per heavy atom. The van der Waals surface area contributed by atoms with Gasteiger partial charge in [0, 0.05) is 23.3 Å². The van der Waals surface area contributed by atoms with E-state index in [1.165, 1.54) is 66.9 Å². The molecule has 3 aromatic rings. The van der Waals surface area contributed by atoms with E-state index in [2.05, 4.69) is 15.4 Å². The molecular formula is C19H16ClN3O4S2. The van der Waals surface area contributed by atoms with Crippen LogP contribution in [0.3, 0.4) is 0 Å². The number of nitrogens with one attached hydrogen (secondary N) is 3. The van der Waals surface area contributed by atoms with Crippen LogP contribution >= 0.6 is 22.9 Å². The van der Waals surface area contributed by atoms with Gasteiger partial charge in [-0.25, -0.2) is 8.42 Å². The maximum Gasteiger partial charge on any atom is 0.261 e. The molecule has 3 rings (SSSR count). The first-order valence-corrected chi connectivity index (χ1v) is 11.0. The highest BCUT2D eigenvalue weighted by Gasteiger charge is 2.16. The molecule has 0 unspecified atom stereocenters. The lowest BCUT2D eigenvalue weighted by Gasteiger charge is -2.09. The largest absolute Gasteiger partial charge is 0.355 e. The van der Waals surface area contributed by atoms with E-state index in [1.54, 1.807) is 11.4 Å². The summed E-state index contributed by atoms with van der Waals surface area (Å²) in [7, 11) is -2.26. The van der Waals surface area contributed by atoms with Gasteiger partial charge in [0.05, 0.1) is 10.5 Å². The topological polar surface area (TPSA) is 104 Å². The summed E-state index contributed by atoms with van der Waals surface area (Å²) in [6, 6.07) is 13.3. The van der Waals surface area contributed by atoms with Crippen LogP contribution in [0.4, 0.5) is 10.7 Å². The molecule has 0 radical (unpaired) electrons. The van der Waals surface area contributed by atoms with E-state index in [9.17, 15) is 18.0 Å². The zero-order valence-electron chi connectivity index (χ0n) is 15.1. The number of carbonyl (C=O) groups is 2. The molecule has 3 N–H and O–H groups in total. The standard InChI is InChI=1S/C19H16ClN3O4S2/c1-21-18(25)16-10-11-28-19(16)22-17(24)12-2-6-14(7-3-12)23-29(26,27)15-8-4-13(20)5-9-15/h2-11,23H,1H3,(H,21,25)(H,22,24). The van der Waals surface area contributed by atoms with Gasteiger partial charge in [-0.1, -0.05) is 11.6 Å². The van der Waals surface area contributed by atoms with Gasteiger partial charge in [-0.05, 0) is 60.0 Å². The van der Waals surface area contributed by atoms with Crippen LogP contribution in [0.25, 0.3) is 0 Å². The molecule has 0 aliphatic carbocycles. The Hall–Kier alpha value is -2.88. The number of rotatable bonds is 6. The first kappa shape index (κ1) is 20.8. The Labute approximate surface area is 176 Å². The summed E-state index contributed by atoms with van der Waals surface area (Å²) in [4.78, 5) is 24.3. The van der Waals surface area contributed by atoms with Crippen molar-refractivity contribution in [3.63, 3.8) is 0 Å². The van der Waals surface area contributed by atoms with E-state index >= 15 is 0 Å². The Balaban J connectivity index is 1.71. The van der Waals surface area contributed by atoms with Gasteiger partial charge in [0.1, 0.15) is 5.00 Å². The van der Waals surface area contributed by atoms with Crippen LogP contribution in [0.2, 0.25) is 5.02 Å². The fourth-order valence-electron chi connectivity index (χ4n) is 2.41. The average molecular weight is 450 g/mol. The van der Waals surface area contributed by atoms with Gasteiger partial charge < -0.3 is 10.6 Å². The van der Waals surface area contributed by atoms with Crippen LogP contribution in [0.15, 0.2) is 64.9 Å². The molecule has 0 aliphatic rings. The zero-order chi connectivity index (χ0) is 21.0. The quantitative estimate of drug-likeness (QED) is 0.532. The fourth-order valence-corrected chi connectivity index (χ4v) is 4.38. The minimum Gasteiger partial charge on any atom is -0.355 e. The van der Waals surface area contributed by atoms with Crippen LogP contribution in [-0.2, 0) is 10.0 Å². The van der Waals surface area contributed by atoms with Crippen LogP contribution in [0.5, 0.6) is 0 Å². The highest BCUT2D eigenvalue weighted by atomic mass is 35.5. The van der Waals surface area contributed by atoms with Gasteiger partial charge in [0.2, 0.25) is 0 Å². The molecule has 0 aliphatic heterocycles. The molecule has 29 heavy (non-hydrogen) atoms. The monoisotopic (exact) mass is 449 g/mol. The molecule has 2 amide bonds. The first-order chi connectivity index (χ1) is 13.8. The number of benzene rings is 2. The van der Waals surface area contributed by atoms with Gasteiger partial charge in [-0.2, -0.15) is 0 Å². The van der Waals surface area contributed by atoms with E-state index in [1.807, 2.05) is 0 Å². The number of amides is 2. The van der Waals surface area contributed by atoms with Gasteiger partial charge in [0.25, 0.3) is 21.8 Å². The molecule has 7 nitrogen and oxygen atoms in total. The fraction of sp³-hybridized carbons (Fsp3) is 0.0526. The summed E-state index contributed by atoms with van der Waals surface area (Å²) in [6.07, 6.45) is 0. The summed E-state index contributed by atoms with van der Waals surface area (Å²) in [5.41, 5.74) is 0.993. The first-order valence-electron chi connectivity index (χ1n) is 8.29. The predicted molar refractivity (Wildman–Crippen MR) is 114 cm³/mol. The molecule has 1 heterocycles. The molecule has 0 bridgehead atoms. The zero-order valence-corrected chi connectivity index (χ0v) is 17.5. The summed E-state index contributed by atoms with van der Waals surface area (Å²) in [5.74, 6) is -0.710. The maximum atomic E-state index is 12.4. The Morgan fingerprint density at radius 1 is 0.931 bits per heavy atom. The number of hydrogen-bond donors (Lipinski definition) is 3. The third-order valence-electron chi connectivity index (χ3n) is 3.89. The Bertz CT molecular complexity index is 1140. The van der Waals surface area contributed by atoms with E-state index < -0.39 is 15.9 Å². The van der Waals surface area contributed by atoms with Crippen LogP contribution in [0.1, 0.15) is 20.7 Å². The maximum absolute atomic E-state index is 12.4. The SMILES string of the molecule is CNC(=O)c1ccsc1NC(=O)c1ccc(NS(=O)(=O)c2ccc(Cl)cc2)cc1. The molecular weight excluding hydrogens is 434 g/mol. The smallest absolute Gasteiger partial charge is 0.261 e. The van der Waals surface area contributed by atoms with Gasteiger partial charge in [0.15, 0.2) is 0 Å². The molecule has 1 aromatic heterocycles. The van der Waals surface area contributed by atoms with Crippen molar-refractivity contribution < 1.29 is 18.0 Å². The molecule has 0 saturated heterocycles. The summed E-state index contributed by atoms with van der Waals surface area (Å²) < 4.78 is 27.3. The van der Waals surface area contributed by atoms with Crippen molar-refractivity contribution in [2.45, 2.75) is 4.90 Å². The number of hydrogen-bond acceptors (Lipinski definition) is 5. The molecule has 0 spiro atoms. The summed E-state index contributed by atoms with van der Waals surface area (Å²) >= 11 is 7.01. The normalized spacial score (nSPS) is 11.0. The minimum atomic E-state index is -3.77. The van der Waals surface area contributed by atoms with Gasteiger partial charge >= 0.3 is 0 Å². The molecule has 0 fully saturated rings. The number of anilines is 2. The van der Waals surface area contributed by atoms with Gasteiger partial charge in [-0.3, -0.25) is 14.3 Å². The minimum absolute atomic E-state index is 0.0724. The molecule has 150 valence electrons. The number of sulfonamides is 1.